The highest BCUT2D eigenvalue weighted by Gasteiger charge is 2.33. The average molecular weight is 284 g/mol. The molecule has 1 aliphatic rings. The molecule has 0 bridgehead atoms. The van der Waals surface area contributed by atoms with E-state index in [0.29, 0.717) is 5.92 Å². The number of ether oxygens (including phenoxy) is 1. The molecule has 2 nitrogen and oxygen atoms in total. The first kappa shape index (κ1) is 11.9. The van der Waals surface area contributed by atoms with Gasteiger partial charge in [0.25, 0.3) is 0 Å². The molecule has 2 rings (SSSR count). The maximum Gasteiger partial charge on any atom is 0.126 e. The van der Waals surface area contributed by atoms with E-state index in [1.54, 1.807) is 7.11 Å². The monoisotopic (exact) mass is 283 g/mol. The van der Waals surface area contributed by atoms with Gasteiger partial charge in [-0.2, -0.15) is 0 Å². The van der Waals surface area contributed by atoms with Crippen LogP contribution in [0.2, 0.25) is 0 Å². The van der Waals surface area contributed by atoms with Gasteiger partial charge in [0.1, 0.15) is 5.75 Å². The molecule has 0 heterocycles. The van der Waals surface area contributed by atoms with Crippen molar-refractivity contribution in [3.63, 3.8) is 0 Å². The van der Waals surface area contributed by atoms with E-state index in [9.17, 15) is 0 Å². The third-order valence-corrected chi connectivity index (χ3v) is 4.20. The largest absolute Gasteiger partial charge is 0.496 e. The summed E-state index contributed by atoms with van der Waals surface area (Å²) in [5.74, 6) is 1.60. The first-order chi connectivity index (χ1) is 7.56. The molecule has 0 amide bonds. The summed E-state index contributed by atoms with van der Waals surface area (Å²) >= 11 is 3.59. The second-order valence-electron chi connectivity index (χ2n) is 4.61. The molecule has 3 heteroatoms. The van der Waals surface area contributed by atoms with Gasteiger partial charge in [-0.05, 0) is 49.8 Å². The van der Waals surface area contributed by atoms with Crippen molar-refractivity contribution in [1.29, 1.82) is 0 Å². The molecule has 1 aromatic rings. The molecule has 0 radical (unpaired) electrons. The van der Waals surface area contributed by atoms with E-state index in [0.717, 1.165) is 15.8 Å². The fourth-order valence-corrected chi connectivity index (χ4v) is 2.80. The van der Waals surface area contributed by atoms with Crippen molar-refractivity contribution in [2.24, 2.45) is 11.7 Å². The molecule has 1 unspecified atom stereocenters. The number of rotatable bonds is 3. The zero-order chi connectivity index (χ0) is 11.9. The molecule has 2 N–H and O–H groups in total. The highest BCUT2D eigenvalue weighted by Crippen LogP contribution is 2.45. The van der Waals surface area contributed by atoms with Gasteiger partial charge in [0.05, 0.1) is 7.11 Å². The van der Waals surface area contributed by atoms with Gasteiger partial charge in [-0.15, -0.1) is 0 Å². The van der Waals surface area contributed by atoms with Gasteiger partial charge in [0, 0.05) is 16.1 Å². The van der Waals surface area contributed by atoms with Crippen LogP contribution < -0.4 is 10.5 Å². The number of halogens is 1. The standard InChI is InChI=1S/C13H18BrNO/c1-7-6-10(14)8(2)11(13(7)16-3)12(15)9-4-5-9/h6,9,12H,4-5,15H2,1-3H3. The Bertz CT molecular complexity index is 413. The molecule has 1 fully saturated rings. The first-order valence-corrected chi connectivity index (χ1v) is 6.44. The lowest BCUT2D eigenvalue weighted by Crippen LogP contribution is -2.16. The number of benzene rings is 1. The van der Waals surface area contributed by atoms with E-state index in [4.69, 9.17) is 10.5 Å². The summed E-state index contributed by atoms with van der Waals surface area (Å²) in [5, 5.41) is 0. The Hall–Kier alpha value is -0.540. The van der Waals surface area contributed by atoms with Crippen molar-refractivity contribution in [1.82, 2.24) is 0 Å². The van der Waals surface area contributed by atoms with Crippen LogP contribution in [0, 0.1) is 19.8 Å². The molecule has 1 aromatic carbocycles. The van der Waals surface area contributed by atoms with E-state index in [2.05, 4.69) is 35.8 Å². The molecule has 1 saturated carbocycles. The van der Waals surface area contributed by atoms with Crippen LogP contribution in [0.5, 0.6) is 5.75 Å². The molecule has 0 aliphatic heterocycles. The zero-order valence-electron chi connectivity index (χ0n) is 10.0. The number of nitrogens with two attached hydrogens (primary N) is 1. The molecule has 0 spiro atoms. The van der Waals surface area contributed by atoms with Crippen molar-refractivity contribution in [3.8, 4) is 5.75 Å². The summed E-state index contributed by atoms with van der Waals surface area (Å²) in [5.41, 5.74) is 9.85. The van der Waals surface area contributed by atoms with E-state index in [1.807, 2.05) is 0 Å². The fourth-order valence-electron chi connectivity index (χ4n) is 2.24. The van der Waals surface area contributed by atoms with Gasteiger partial charge in [0.15, 0.2) is 0 Å². The second kappa shape index (κ2) is 4.38. The maximum absolute atomic E-state index is 6.31. The summed E-state index contributed by atoms with van der Waals surface area (Å²) in [6, 6.07) is 2.21. The smallest absolute Gasteiger partial charge is 0.126 e. The van der Waals surface area contributed by atoms with Gasteiger partial charge in [-0.25, -0.2) is 0 Å². The van der Waals surface area contributed by atoms with Crippen molar-refractivity contribution < 1.29 is 4.74 Å². The van der Waals surface area contributed by atoms with Gasteiger partial charge in [-0.1, -0.05) is 15.9 Å². The van der Waals surface area contributed by atoms with Gasteiger partial charge in [0.2, 0.25) is 0 Å². The Morgan fingerprint density at radius 3 is 2.56 bits per heavy atom. The Labute approximate surface area is 105 Å². The molecule has 0 aromatic heterocycles. The van der Waals surface area contributed by atoms with Crippen LogP contribution in [-0.4, -0.2) is 7.11 Å². The minimum absolute atomic E-state index is 0.117. The number of hydrogen-bond acceptors (Lipinski definition) is 2. The SMILES string of the molecule is COc1c(C)cc(Br)c(C)c1C(N)C1CC1. The first-order valence-electron chi connectivity index (χ1n) is 5.65. The summed E-state index contributed by atoms with van der Waals surface area (Å²) in [4.78, 5) is 0. The predicted molar refractivity (Wildman–Crippen MR) is 69.8 cm³/mol. The number of methoxy groups -OCH3 is 1. The number of aryl methyl sites for hydroxylation is 1. The van der Waals surface area contributed by atoms with Crippen LogP contribution in [0.1, 0.15) is 35.6 Å². The third-order valence-electron chi connectivity index (χ3n) is 3.38. The van der Waals surface area contributed by atoms with Crippen LogP contribution in [0.25, 0.3) is 0 Å². The average Bonchev–Trinajstić information content (AvgIpc) is 3.05. The van der Waals surface area contributed by atoms with Gasteiger partial charge in [-0.3, -0.25) is 0 Å². The fraction of sp³-hybridized carbons (Fsp3) is 0.538. The molecular weight excluding hydrogens is 266 g/mol. The Morgan fingerprint density at radius 2 is 2.06 bits per heavy atom. The summed E-state index contributed by atoms with van der Waals surface area (Å²) in [6.07, 6.45) is 2.49. The zero-order valence-corrected chi connectivity index (χ0v) is 11.6. The molecular formula is C13H18BrNO. The van der Waals surface area contributed by atoms with Crippen LogP contribution in [-0.2, 0) is 0 Å². The lowest BCUT2D eigenvalue weighted by molar-refractivity contribution is 0.399. The van der Waals surface area contributed by atoms with Gasteiger partial charge < -0.3 is 10.5 Å². The quantitative estimate of drug-likeness (QED) is 0.922. The maximum atomic E-state index is 6.31. The molecule has 0 saturated heterocycles. The van der Waals surface area contributed by atoms with E-state index in [-0.39, 0.29) is 6.04 Å². The minimum Gasteiger partial charge on any atom is -0.496 e. The second-order valence-corrected chi connectivity index (χ2v) is 5.46. The number of hydrogen-bond donors (Lipinski definition) is 1. The van der Waals surface area contributed by atoms with Crippen molar-refractivity contribution in [2.75, 3.05) is 7.11 Å². The van der Waals surface area contributed by atoms with E-state index < -0.39 is 0 Å². The predicted octanol–water partition coefficient (Wildman–Crippen LogP) is 3.48. The van der Waals surface area contributed by atoms with E-state index in [1.165, 1.54) is 24.0 Å². The molecule has 1 atom stereocenters. The van der Waals surface area contributed by atoms with Crippen molar-refractivity contribution in [2.45, 2.75) is 32.7 Å². The highest BCUT2D eigenvalue weighted by atomic mass is 79.9. The highest BCUT2D eigenvalue weighted by molar-refractivity contribution is 9.10. The molecule has 88 valence electrons. The van der Waals surface area contributed by atoms with Crippen LogP contribution in [0.15, 0.2) is 10.5 Å². The summed E-state index contributed by atoms with van der Waals surface area (Å²) in [6.45, 7) is 4.16. The van der Waals surface area contributed by atoms with Crippen molar-refractivity contribution in [3.05, 3.63) is 27.2 Å². The Balaban J connectivity index is 2.54. The lowest BCUT2D eigenvalue weighted by Gasteiger charge is -2.20. The Kier molecular flexibility index (Phi) is 3.27. The van der Waals surface area contributed by atoms with Crippen molar-refractivity contribution >= 4 is 15.9 Å². The van der Waals surface area contributed by atoms with Crippen LogP contribution in [0.4, 0.5) is 0 Å². The van der Waals surface area contributed by atoms with Crippen LogP contribution in [0.3, 0.4) is 0 Å². The minimum atomic E-state index is 0.117. The third kappa shape index (κ3) is 1.98. The summed E-state index contributed by atoms with van der Waals surface area (Å²) in [7, 11) is 1.72. The Morgan fingerprint density at radius 1 is 1.44 bits per heavy atom. The van der Waals surface area contributed by atoms with E-state index >= 15 is 0 Å². The topological polar surface area (TPSA) is 35.2 Å². The van der Waals surface area contributed by atoms with Gasteiger partial charge >= 0.3 is 0 Å². The van der Waals surface area contributed by atoms with Crippen LogP contribution >= 0.6 is 15.9 Å². The molecule has 1 aliphatic carbocycles. The lowest BCUT2D eigenvalue weighted by atomic mass is 9.95. The normalized spacial score (nSPS) is 17.3. The summed E-state index contributed by atoms with van der Waals surface area (Å²) < 4.78 is 6.63. The molecule has 16 heavy (non-hydrogen) atoms.